The van der Waals surface area contributed by atoms with E-state index in [1.807, 2.05) is 78.2 Å². The molecule has 3 N–H and O–H groups in total. The highest BCUT2D eigenvalue weighted by molar-refractivity contribution is 7.13. The molecule has 1 aliphatic rings. The summed E-state index contributed by atoms with van der Waals surface area (Å²) in [6.07, 6.45) is -0.469. The topological polar surface area (TPSA) is 94.6 Å². The first-order chi connectivity index (χ1) is 15.9. The highest BCUT2D eigenvalue weighted by Crippen LogP contribution is 2.29. The monoisotopic (exact) mass is 486 g/mol. The Hall–Kier alpha value is -2.29. The van der Waals surface area contributed by atoms with Crippen molar-refractivity contribution >= 4 is 23.2 Å². The van der Waals surface area contributed by atoms with Crippen LogP contribution in [-0.4, -0.2) is 57.6 Å². The van der Waals surface area contributed by atoms with Gasteiger partial charge in [-0.1, -0.05) is 58.9 Å². The van der Waals surface area contributed by atoms with Crippen LogP contribution in [-0.2, 0) is 9.59 Å². The number of thiazole rings is 1. The SMILES string of the molecule is Cc1ncsc1-c1ccc([C@@H](C)NC(=O)C2C[C@@H](O)CN2C(=O)[C@@H](NC(C)C)C(C)(C)C)cc1. The van der Waals surface area contributed by atoms with Gasteiger partial charge in [0.1, 0.15) is 6.04 Å². The van der Waals surface area contributed by atoms with Gasteiger partial charge in [-0.3, -0.25) is 9.59 Å². The number of likely N-dealkylation sites (tertiary alicyclic amines) is 1. The molecule has 0 aliphatic carbocycles. The molecule has 7 nitrogen and oxygen atoms in total. The van der Waals surface area contributed by atoms with Crippen LogP contribution in [0, 0.1) is 12.3 Å². The Morgan fingerprint density at radius 2 is 1.82 bits per heavy atom. The smallest absolute Gasteiger partial charge is 0.243 e. The van der Waals surface area contributed by atoms with Gasteiger partial charge in [-0.2, -0.15) is 0 Å². The van der Waals surface area contributed by atoms with Crippen molar-refractivity contribution in [1.29, 1.82) is 0 Å². The molecule has 1 saturated heterocycles. The molecule has 0 spiro atoms. The number of nitrogens with zero attached hydrogens (tertiary/aromatic N) is 2. The molecule has 1 fully saturated rings. The minimum Gasteiger partial charge on any atom is -0.391 e. The molecule has 186 valence electrons. The van der Waals surface area contributed by atoms with Crippen LogP contribution in [0.25, 0.3) is 10.4 Å². The molecular weight excluding hydrogens is 448 g/mol. The number of aromatic nitrogens is 1. The number of aliphatic hydroxyl groups is 1. The van der Waals surface area contributed by atoms with Crippen LogP contribution in [0.3, 0.4) is 0 Å². The number of nitrogens with one attached hydrogen (secondary N) is 2. The van der Waals surface area contributed by atoms with Gasteiger partial charge < -0.3 is 20.6 Å². The van der Waals surface area contributed by atoms with Crippen molar-refractivity contribution in [2.75, 3.05) is 6.54 Å². The number of amides is 2. The highest BCUT2D eigenvalue weighted by atomic mass is 32.1. The number of rotatable bonds is 7. The fraction of sp³-hybridized carbons (Fsp3) is 0.577. The third-order valence-electron chi connectivity index (χ3n) is 6.25. The number of carbonyl (C=O) groups excluding carboxylic acids is 2. The summed E-state index contributed by atoms with van der Waals surface area (Å²) in [7, 11) is 0. The largest absolute Gasteiger partial charge is 0.391 e. The van der Waals surface area contributed by atoms with E-state index in [4.69, 9.17) is 0 Å². The molecule has 1 aromatic carbocycles. The number of aliphatic hydroxyl groups excluding tert-OH is 1. The average molecular weight is 487 g/mol. The van der Waals surface area contributed by atoms with Crippen LogP contribution >= 0.6 is 11.3 Å². The second kappa shape index (κ2) is 10.5. The summed E-state index contributed by atoms with van der Waals surface area (Å²) >= 11 is 1.61. The first-order valence-electron chi connectivity index (χ1n) is 11.9. The lowest BCUT2D eigenvalue weighted by Crippen LogP contribution is -2.57. The lowest BCUT2D eigenvalue weighted by Gasteiger charge is -2.36. The van der Waals surface area contributed by atoms with Crippen molar-refractivity contribution in [3.8, 4) is 10.4 Å². The van der Waals surface area contributed by atoms with Crippen LogP contribution in [0.5, 0.6) is 0 Å². The van der Waals surface area contributed by atoms with Crippen molar-refractivity contribution in [3.05, 3.63) is 41.0 Å². The Balaban J connectivity index is 1.72. The molecule has 1 aliphatic heterocycles. The van der Waals surface area contributed by atoms with Gasteiger partial charge >= 0.3 is 0 Å². The Labute approximate surface area is 207 Å². The minimum atomic E-state index is -0.711. The van der Waals surface area contributed by atoms with Gasteiger partial charge in [0.25, 0.3) is 0 Å². The van der Waals surface area contributed by atoms with Crippen LogP contribution in [0.15, 0.2) is 29.8 Å². The van der Waals surface area contributed by atoms with Crippen LogP contribution in [0.4, 0.5) is 0 Å². The molecule has 4 atom stereocenters. The van der Waals surface area contributed by atoms with E-state index in [0.29, 0.717) is 0 Å². The second-order valence-electron chi connectivity index (χ2n) is 10.6. The fourth-order valence-electron chi connectivity index (χ4n) is 4.39. The molecule has 1 unspecified atom stereocenters. The third kappa shape index (κ3) is 6.03. The lowest BCUT2D eigenvalue weighted by molar-refractivity contribution is -0.142. The van der Waals surface area contributed by atoms with Gasteiger partial charge in [-0.25, -0.2) is 4.98 Å². The molecule has 1 aromatic heterocycles. The van der Waals surface area contributed by atoms with Gasteiger partial charge in [0.15, 0.2) is 0 Å². The van der Waals surface area contributed by atoms with E-state index in [-0.39, 0.29) is 42.3 Å². The zero-order valence-electron chi connectivity index (χ0n) is 21.3. The summed E-state index contributed by atoms with van der Waals surface area (Å²) in [6.45, 7) is 14.1. The number of β-amino-alcohol motifs (C(OH)–C–C–N with tert-alkyl or cyclic N) is 1. The quantitative estimate of drug-likeness (QED) is 0.555. The molecule has 8 heteroatoms. The lowest BCUT2D eigenvalue weighted by atomic mass is 9.85. The highest BCUT2D eigenvalue weighted by Gasteiger charge is 2.44. The van der Waals surface area contributed by atoms with Gasteiger partial charge in [0.05, 0.1) is 34.3 Å². The number of carbonyl (C=O) groups is 2. The summed E-state index contributed by atoms with van der Waals surface area (Å²) in [4.78, 5) is 33.7. The molecule has 2 aromatic rings. The minimum absolute atomic E-state index is 0.115. The Bertz CT molecular complexity index is 996. The van der Waals surface area contributed by atoms with Gasteiger partial charge in [0, 0.05) is 19.0 Å². The molecule has 34 heavy (non-hydrogen) atoms. The average Bonchev–Trinajstić information content (AvgIpc) is 3.36. The summed E-state index contributed by atoms with van der Waals surface area (Å²) in [6, 6.07) is 6.84. The summed E-state index contributed by atoms with van der Waals surface area (Å²) in [5.41, 5.74) is 4.59. The van der Waals surface area contributed by atoms with Gasteiger partial charge in [0.2, 0.25) is 11.8 Å². The van der Waals surface area contributed by atoms with Gasteiger partial charge in [-0.05, 0) is 30.4 Å². The predicted octanol–water partition coefficient (Wildman–Crippen LogP) is 3.67. The number of hydrogen-bond acceptors (Lipinski definition) is 6. The zero-order chi connectivity index (χ0) is 25.2. The number of hydrogen-bond donors (Lipinski definition) is 3. The summed E-state index contributed by atoms with van der Waals surface area (Å²) in [5, 5.41) is 16.7. The molecule has 3 rings (SSSR count). The first-order valence-corrected chi connectivity index (χ1v) is 12.8. The van der Waals surface area contributed by atoms with Gasteiger partial charge in [-0.15, -0.1) is 11.3 Å². The summed E-state index contributed by atoms with van der Waals surface area (Å²) in [5.74, 6) is -0.383. The molecular formula is C26H38N4O3S. The van der Waals surface area contributed by atoms with E-state index >= 15 is 0 Å². The van der Waals surface area contributed by atoms with Crippen molar-refractivity contribution < 1.29 is 14.7 Å². The van der Waals surface area contributed by atoms with Crippen molar-refractivity contribution in [3.63, 3.8) is 0 Å². The van der Waals surface area contributed by atoms with E-state index < -0.39 is 18.2 Å². The molecule has 0 bridgehead atoms. The van der Waals surface area contributed by atoms with Crippen molar-refractivity contribution in [2.24, 2.45) is 5.41 Å². The maximum atomic E-state index is 13.5. The van der Waals surface area contributed by atoms with Crippen LogP contribution in [0.1, 0.15) is 65.3 Å². The maximum Gasteiger partial charge on any atom is 0.243 e. The first kappa shape index (κ1) is 26.3. The van der Waals surface area contributed by atoms with Crippen molar-refractivity contribution in [1.82, 2.24) is 20.5 Å². The standard InChI is InChI=1S/C26H38N4O3S/c1-15(2)28-23(26(5,6)7)25(33)30-13-20(31)12-21(30)24(32)29-16(3)18-8-10-19(11-9-18)22-17(4)27-14-34-22/h8-11,14-16,20-21,23,28,31H,12-13H2,1-7H3,(H,29,32)/t16-,20-,21?,23-/m1/s1. The van der Waals surface area contributed by atoms with Crippen LogP contribution in [0.2, 0.25) is 0 Å². The third-order valence-corrected chi connectivity index (χ3v) is 7.23. The predicted molar refractivity (Wildman–Crippen MR) is 136 cm³/mol. The Kier molecular flexibility index (Phi) is 8.16. The van der Waals surface area contributed by atoms with E-state index in [2.05, 4.69) is 15.6 Å². The Morgan fingerprint density at radius 1 is 1.18 bits per heavy atom. The second-order valence-corrected chi connectivity index (χ2v) is 11.5. The van der Waals surface area contributed by atoms with E-state index in [1.54, 1.807) is 16.2 Å². The molecule has 2 amide bonds. The van der Waals surface area contributed by atoms with E-state index in [0.717, 1.165) is 21.7 Å². The summed E-state index contributed by atoms with van der Waals surface area (Å²) < 4.78 is 0. The molecule has 0 radical (unpaired) electrons. The molecule has 0 saturated carbocycles. The van der Waals surface area contributed by atoms with E-state index in [9.17, 15) is 14.7 Å². The van der Waals surface area contributed by atoms with Crippen molar-refractivity contribution in [2.45, 2.75) is 85.2 Å². The maximum absolute atomic E-state index is 13.5. The fourth-order valence-corrected chi connectivity index (χ4v) is 5.20. The Morgan fingerprint density at radius 3 is 2.35 bits per heavy atom. The number of benzene rings is 1. The normalized spacial score (nSPS) is 20.4. The van der Waals surface area contributed by atoms with E-state index in [1.165, 1.54) is 0 Å². The number of aryl methyl sites for hydroxylation is 1. The van der Waals surface area contributed by atoms with Crippen LogP contribution < -0.4 is 10.6 Å². The zero-order valence-corrected chi connectivity index (χ0v) is 22.1. The molecule has 2 heterocycles.